The van der Waals surface area contributed by atoms with Gasteiger partial charge < -0.3 is 4.90 Å². The number of thioether (sulfide) groups is 1. The van der Waals surface area contributed by atoms with Crippen molar-refractivity contribution < 1.29 is 4.79 Å². The summed E-state index contributed by atoms with van der Waals surface area (Å²) in [7, 11) is 0. The van der Waals surface area contributed by atoms with Gasteiger partial charge >= 0.3 is 0 Å². The molecule has 1 amide bonds. The molecule has 1 aliphatic carbocycles. The Kier molecular flexibility index (Phi) is 3.67. The number of benzene rings is 2. The van der Waals surface area contributed by atoms with Crippen molar-refractivity contribution in [3.63, 3.8) is 0 Å². The van der Waals surface area contributed by atoms with E-state index in [1.54, 1.807) is 0 Å². The molecule has 2 aromatic rings. The second kappa shape index (κ2) is 5.91. The summed E-state index contributed by atoms with van der Waals surface area (Å²) in [5.41, 5.74) is 4.38. The van der Waals surface area contributed by atoms with Crippen LogP contribution in [0.25, 0.3) is 0 Å². The third-order valence-corrected chi connectivity index (χ3v) is 7.83. The number of nitrogens with zero attached hydrogens (tertiary/aromatic N) is 1. The van der Waals surface area contributed by atoms with Crippen molar-refractivity contribution in [3.05, 3.63) is 71.3 Å². The fourth-order valence-corrected chi connectivity index (χ4v) is 6.24. The number of carbonyl (C=O) groups is 1. The van der Waals surface area contributed by atoms with Crippen LogP contribution < -0.4 is 0 Å². The van der Waals surface area contributed by atoms with Crippen LogP contribution in [0.15, 0.2) is 54.6 Å². The van der Waals surface area contributed by atoms with Crippen molar-refractivity contribution in [2.45, 2.75) is 35.7 Å². The summed E-state index contributed by atoms with van der Waals surface area (Å²) in [4.78, 5) is 14.5. The van der Waals surface area contributed by atoms with Crippen molar-refractivity contribution in [2.75, 3.05) is 13.1 Å². The molecule has 3 heteroatoms. The number of rotatable bonds is 2. The molecule has 0 aromatic heterocycles. The first-order valence-electron chi connectivity index (χ1n) is 9.38. The summed E-state index contributed by atoms with van der Waals surface area (Å²) in [6.07, 6.45) is 4.37. The van der Waals surface area contributed by atoms with Gasteiger partial charge in [0.05, 0.1) is 5.25 Å². The van der Waals surface area contributed by atoms with Gasteiger partial charge in [-0.25, -0.2) is 0 Å². The van der Waals surface area contributed by atoms with Gasteiger partial charge in [0.15, 0.2) is 0 Å². The molecule has 128 valence electrons. The Morgan fingerprint density at radius 1 is 0.960 bits per heavy atom. The highest BCUT2D eigenvalue weighted by Gasteiger charge is 2.47. The van der Waals surface area contributed by atoms with Crippen LogP contribution >= 0.6 is 11.8 Å². The lowest BCUT2D eigenvalue weighted by atomic mass is 9.84. The lowest BCUT2D eigenvalue weighted by Gasteiger charge is -2.40. The van der Waals surface area contributed by atoms with E-state index in [9.17, 15) is 4.79 Å². The molecule has 2 nitrogen and oxygen atoms in total. The van der Waals surface area contributed by atoms with Gasteiger partial charge in [-0.2, -0.15) is 0 Å². The van der Waals surface area contributed by atoms with Crippen LogP contribution in [0.4, 0.5) is 0 Å². The standard InChI is InChI=1S/C22H23NOS/c24-21(17-10-11-17)23-14-12-22(13-15-23)19-9-5-4-8-18(19)20(25-22)16-6-2-1-3-7-16/h1-9,17,20H,10-15H2. The average Bonchev–Trinajstić information content (AvgIpc) is 3.48. The van der Waals surface area contributed by atoms with E-state index < -0.39 is 0 Å². The zero-order chi connectivity index (χ0) is 16.9. The maximum absolute atomic E-state index is 12.4. The molecule has 1 saturated carbocycles. The second-order valence-corrected chi connectivity index (χ2v) is 9.08. The Balaban J connectivity index is 1.44. The average molecular weight is 349 g/mol. The van der Waals surface area contributed by atoms with Gasteiger partial charge in [0.1, 0.15) is 0 Å². The molecule has 0 N–H and O–H groups in total. The molecule has 2 aliphatic heterocycles. The summed E-state index contributed by atoms with van der Waals surface area (Å²) < 4.78 is 0.178. The third-order valence-electron chi connectivity index (χ3n) is 5.99. The highest BCUT2D eigenvalue weighted by molar-refractivity contribution is 8.01. The molecule has 1 atom stereocenters. The van der Waals surface area contributed by atoms with E-state index in [0.29, 0.717) is 17.1 Å². The summed E-state index contributed by atoms with van der Waals surface area (Å²) in [5, 5.41) is 0.420. The predicted molar refractivity (Wildman–Crippen MR) is 103 cm³/mol. The lowest BCUT2D eigenvalue weighted by molar-refractivity contribution is -0.133. The zero-order valence-corrected chi connectivity index (χ0v) is 15.2. The van der Waals surface area contributed by atoms with Gasteiger partial charge in [0.2, 0.25) is 5.91 Å². The van der Waals surface area contributed by atoms with E-state index in [1.807, 2.05) is 0 Å². The van der Waals surface area contributed by atoms with Crippen LogP contribution in [0.3, 0.4) is 0 Å². The van der Waals surface area contributed by atoms with Crippen molar-refractivity contribution in [1.29, 1.82) is 0 Å². The van der Waals surface area contributed by atoms with Gasteiger partial charge in [-0.1, -0.05) is 54.6 Å². The molecule has 2 heterocycles. The van der Waals surface area contributed by atoms with E-state index in [4.69, 9.17) is 0 Å². The second-order valence-electron chi connectivity index (χ2n) is 7.59. The van der Waals surface area contributed by atoms with E-state index in [2.05, 4.69) is 71.3 Å². The number of fused-ring (bicyclic) bond motifs is 2. The number of hydrogen-bond donors (Lipinski definition) is 0. The van der Waals surface area contributed by atoms with Gasteiger partial charge in [-0.05, 0) is 42.4 Å². The molecule has 3 aliphatic rings. The van der Waals surface area contributed by atoms with Gasteiger partial charge in [0, 0.05) is 23.8 Å². The summed E-state index contributed by atoms with van der Waals surface area (Å²) in [6.45, 7) is 1.83. The molecular formula is C22H23NOS. The Labute approximate surface area is 153 Å². The molecule has 2 aromatic carbocycles. The smallest absolute Gasteiger partial charge is 0.225 e. The summed E-state index contributed by atoms with van der Waals surface area (Å²) in [5.74, 6) is 0.750. The molecule has 5 rings (SSSR count). The van der Waals surface area contributed by atoms with E-state index >= 15 is 0 Å². The third kappa shape index (κ3) is 2.60. The Morgan fingerprint density at radius 2 is 1.64 bits per heavy atom. The summed E-state index contributed by atoms with van der Waals surface area (Å²) >= 11 is 2.12. The minimum atomic E-state index is 0.178. The number of likely N-dealkylation sites (tertiary alicyclic amines) is 1. The van der Waals surface area contributed by atoms with E-state index in [0.717, 1.165) is 38.8 Å². The maximum Gasteiger partial charge on any atom is 0.225 e. The normalized spacial score (nSPS) is 24.3. The van der Waals surface area contributed by atoms with Crippen molar-refractivity contribution in [1.82, 2.24) is 4.90 Å². The van der Waals surface area contributed by atoms with Gasteiger partial charge in [-0.3, -0.25) is 4.79 Å². The SMILES string of the molecule is O=C(C1CC1)N1CCC2(CC1)SC(c1ccccc1)c1ccccc12. The first kappa shape index (κ1) is 15.5. The predicted octanol–water partition coefficient (Wildman–Crippen LogP) is 4.75. The number of piperidine rings is 1. The molecule has 1 saturated heterocycles. The fourth-order valence-electron chi connectivity index (χ4n) is 4.43. The number of carbonyl (C=O) groups excluding carboxylic acids is 1. The fraction of sp³-hybridized carbons (Fsp3) is 0.409. The highest BCUT2D eigenvalue weighted by atomic mass is 32.2. The number of amides is 1. The lowest BCUT2D eigenvalue weighted by Crippen LogP contribution is -2.43. The van der Waals surface area contributed by atoms with Gasteiger partial charge in [0.25, 0.3) is 0 Å². The van der Waals surface area contributed by atoms with Crippen LogP contribution in [0, 0.1) is 5.92 Å². The van der Waals surface area contributed by atoms with E-state index in [-0.39, 0.29) is 4.75 Å². The number of hydrogen-bond acceptors (Lipinski definition) is 2. The molecule has 1 unspecified atom stereocenters. The minimum absolute atomic E-state index is 0.178. The molecule has 1 spiro atoms. The molecular weight excluding hydrogens is 326 g/mol. The van der Waals surface area contributed by atoms with Crippen molar-refractivity contribution >= 4 is 17.7 Å². The highest BCUT2D eigenvalue weighted by Crippen LogP contribution is 2.61. The van der Waals surface area contributed by atoms with Crippen LogP contribution in [-0.4, -0.2) is 23.9 Å². The van der Waals surface area contributed by atoms with Crippen LogP contribution in [0.1, 0.15) is 47.6 Å². The molecule has 2 fully saturated rings. The Morgan fingerprint density at radius 3 is 2.36 bits per heavy atom. The largest absolute Gasteiger partial charge is 0.342 e. The Bertz CT molecular complexity index is 791. The minimum Gasteiger partial charge on any atom is -0.342 e. The summed E-state index contributed by atoms with van der Waals surface area (Å²) in [6, 6.07) is 19.8. The molecule has 0 bridgehead atoms. The first-order chi connectivity index (χ1) is 12.3. The molecule has 25 heavy (non-hydrogen) atoms. The Hall–Kier alpha value is -1.74. The topological polar surface area (TPSA) is 20.3 Å². The zero-order valence-electron chi connectivity index (χ0n) is 14.4. The van der Waals surface area contributed by atoms with Crippen molar-refractivity contribution in [2.24, 2.45) is 5.92 Å². The van der Waals surface area contributed by atoms with Crippen LogP contribution in [0.2, 0.25) is 0 Å². The van der Waals surface area contributed by atoms with Gasteiger partial charge in [-0.15, -0.1) is 11.8 Å². The monoisotopic (exact) mass is 349 g/mol. The quantitative estimate of drug-likeness (QED) is 0.780. The first-order valence-corrected chi connectivity index (χ1v) is 10.3. The van der Waals surface area contributed by atoms with E-state index in [1.165, 1.54) is 16.7 Å². The molecule has 0 radical (unpaired) electrons. The van der Waals surface area contributed by atoms with Crippen molar-refractivity contribution in [3.8, 4) is 0 Å². The maximum atomic E-state index is 12.4. The van der Waals surface area contributed by atoms with Crippen LogP contribution in [0.5, 0.6) is 0 Å². The van der Waals surface area contributed by atoms with Crippen LogP contribution in [-0.2, 0) is 9.54 Å².